The van der Waals surface area contributed by atoms with E-state index in [-0.39, 0.29) is 0 Å². The van der Waals surface area contributed by atoms with E-state index in [2.05, 4.69) is 10.4 Å². The second-order valence-electron chi connectivity index (χ2n) is 3.23. The summed E-state index contributed by atoms with van der Waals surface area (Å²) >= 11 is 0. The monoisotopic (exact) mass is 190 g/mol. The molecule has 1 heterocycles. The maximum atomic E-state index is 5.51. The van der Waals surface area contributed by atoms with E-state index in [1.165, 1.54) is 0 Å². The Morgan fingerprint density at radius 1 is 1.36 bits per heavy atom. The molecule has 4 nitrogen and oxygen atoms in total. The zero-order valence-corrected chi connectivity index (χ0v) is 7.98. The highest BCUT2D eigenvalue weighted by Gasteiger charge is 2.03. The number of benzene rings is 1. The summed E-state index contributed by atoms with van der Waals surface area (Å²) in [6.07, 6.45) is 1.82. The topological polar surface area (TPSA) is 53.6 Å². The number of hydrazine groups is 1. The molecule has 0 radical (unpaired) electrons. The maximum Gasteiger partial charge on any atom is 0.104 e. The third-order valence-electron chi connectivity index (χ3n) is 2.15. The normalized spacial score (nSPS) is 14.8. The lowest BCUT2D eigenvalue weighted by atomic mass is 10.2. The van der Waals surface area contributed by atoms with Crippen LogP contribution in [0.15, 0.2) is 29.3 Å². The maximum absolute atomic E-state index is 5.51. The molecule has 0 spiro atoms. The first-order chi connectivity index (χ1) is 6.88. The summed E-state index contributed by atoms with van der Waals surface area (Å²) in [5.74, 6) is 0. The number of hydrogen-bond acceptors (Lipinski definition) is 4. The second-order valence-corrected chi connectivity index (χ2v) is 3.23. The van der Waals surface area contributed by atoms with Gasteiger partial charge in [0.2, 0.25) is 0 Å². The van der Waals surface area contributed by atoms with Gasteiger partial charge in [0.25, 0.3) is 0 Å². The minimum atomic E-state index is 0.589. The van der Waals surface area contributed by atoms with Crippen LogP contribution in [-0.4, -0.2) is 24.4 Å². The number of anilines is 1. The predicted octanol–water partition coefficient (Wildman–Crippen LogP) is 0.816. The van der Waals surface area contributed by atoms with Crippen molar-refractivity contribution in [2.45, 2.75) is 6.54 Å². The van der Waals surface area contributed by atoms with Crippen molar-refractivity contribution in [1.82, 2.24) is 5.01 Å². The molecule has 14 heavy (non-hydrogen) atoms. The summed E-state index contributed by atoms with van der Waals surface area (Å²) in [6.45, 7) is 2.39. The van der Waals surface area contributed by atoms with Crippen LogP contribution in [0.3, 0.4) is 0 Å². The third kappa shape index (κ3) is 2.03. The van der Waals surface area contributed by atoms with E-state index in [0.29, 0.717) is 6.54 Å². The SMILES string of the molecule is NCc1ccc(NN2C=NCC2)cc1. The van der Waals surface area contributed by atoms with Crippen molar-refractivity contribution in [3.8, 4) is 0 Å². The van der Waals surface area contributed by atoms with Crippen LogP contribution in [0.1, 0.15) is 5.56 Å². The van der Waals surface area contributed by atoms with Gasteiger partial charge in [-0.3, -0.25) is 15.4 Å². The van der Waals surface area contributed by atoms with Crippen molar-refractivity contribution in [1.29, 1.82) is 0 Å². The highest BCUT2D eigenvalue weighted by Crippen LogP contribution is 2.10. The van der Waals surface area contributed by atoms with Crippen molar-refractivity contribution in [3.05, 3.63) is 29.8 Å². The van der Waals surface area contributed by atoms with E-state index >= 15 is 0 Å². The van der Waals surface area contributed by atoms with Gasteiger partial charge < -0.3 is 5.73 Å². The zero-order valence-electron chi connectivity index (χ0n) is 7.98. The van der Waals surface area contributed by atoms with Gasteiger partial charge in [0.15, 0.2) is 0 Å². The standard InChI is InChI=1S/C10H14N4/c11-7-9-1-3-10(4-2-9)13-14-6-5-12-8-14/h1-4,8,13H,5-7,11H2. The molecule has 0 amide bonds. The Balaban J connectivity index is 1.99. The molecule has 4 heteroatoms. The van der Waals surface area contributed by atoms with Gasteiger partial charge in [-0.05, 0) is 17.7 Å². The highest BCUT2D eigenvalue weighted by atomic mass is 15.5. The number of hydrogen-bond donors (Lipinski definition) is 2. The van der Waals surface area contributed by atoms with Crippen LogP contribution >= 0.6 is 0 Å². The molecule has 0 bridgehead atoms. The van der Waals surface area contributed by atoms with Crippen molar-refractivity contribution in [2.24, 2.45) is 10.7 Å². The van der Waals surface area contributed by atoms with Crippen molar-refractivity contribution >= 4 is 12.0 Å². The van der Waals surface area contributed by atoms with Gasteiger partial charge in [0.1, 0.15) is 6.34 Å². The molecule has 0 unspecified atom stereocenters. The van der Waals surface area contributed by atoms with E-state index in [9.17, 15) is 0 Å². The van der Waals surface area contributed by atoms with Gasteiger partial charge >= 0.3 is 0 Å². The number of nitrogens with two attached hydrogens (primary N) is 1. The molecular weight excluding hydrogens is 176 g/mol. The lowest BCUT2D eigenvalue weighted by Crippen LogP contribution is -2.26. The molecular formula is C10H14N4. The Morgan fingerprint density at radius 3 is 2.71 bits per heavy atom. The molecule has 0 saturated carbocycles. The van der Waals surface area contributed by atoms with E-state index in [4.69, 9.17) is 5.73 Å². The summed E-state index contributed by atoms with van der Waals surface area (Å²) < 4.78 is 0. The molecule has 1 aromatic carbocycles. The van der Waals surface area contributed by atoms with Crippen LogP contribution < -0.4 is 11.2 Å². The van der Waals surface area contributed by atoms with E-state index in [1.807, 2.05) is 35.6 Å². The molecule has 1 aliphatic rings. The average molecular weight is 190 g/mol. The number of rotatable bonds is 3. The quantitative estimate of drug-likeness (QED) is 0.741. The fourth-order valence-corrected chi connectivity index (χ4v) is 1.35. The van der Waals surface area contributed by atoms with Crippen molar-refractivity contribution in [3.63, 3.8) is 0 Å². The Labute approximate surface area is 83.4 Å². The van der Waals surface area contributed by atoms with Crippen LogP contribution in [0.2, 0.25) is 0 Å². The van der Waals surface area contributed by atoms with E-state index in [0.717, 1.165) is 24.3 Å². The highest BCUT2D eigenvalue weighted by molar-refractivity contribution is 5.60. The van der Waals surface area contributed by atoms with Gasteiger partial charge in [0.05, 0.1) is 18.8 Å². The molecule has 0 atom stereocenters. The number of nitrogens with zero attached hydrogens (tertiary/aromatic N) is 2. The average Bonchev–Trinajstić information content (AvgIpc) is 2.72. The molecule has 0 aliphatic carbocycles. The largest absolute Gasteiger partial charge is 0.326 e. The van der Waals surface area contributed by atoms with Gasteiger partial charge in [-0.15, -0.1) is 0 Å². The summed E-state index contributed by atoms with van der Waals surface area (Å²) in [4.78, 5) is 4.11. The first-order valence-corrected chi connectivity index (χ1v) is 4.71. The molecule has 0 aromatic heterocycles. The van der Waals surface area contributed by atoms with Crippen LogP contribution in [0.25, 0.3) is 0 Å². The molecule has 3 N–H and O–H groups in total. The minimum absolute atomic E-state index is 0.589. The van der Waals surface area contributed by atoms with E-state index < -0.39 is 0 Å². The minimum Gasteiger partial charge on any atom is -0.326 e. The zero-order chi connectivity index (χ0) is 9.80. The lowest BCUT2D eigenvalue weighted by molar-refractivity contribution is 0.557. The first-order valence-electron chi connectivity index (χ1n) is 4.71. The van der Waals surface area contributed by atoms with Crippen LogP contribution in [0.4, 0.5) is 5.69 Å². The lowest BCUT2D eigenvalue weighted by Gasteiger charge is -2.16. The van der Waals surface area contributed by atoms with Crippen LogP contribution in [-0.2, 0) is 6.54 Å². The van der Waals surface area contributed by atoms with Gasteiger partial charge in [0, 0.05) is 6.54 Å². The Bertz CT molecular complexity index is 317. The summed E-state index contributed by atoms with van der Waals surface area (Å²) in [5, 5.41) is 1.97. The fraction of sp³-hybridized carbons (Fsp3) is 0.300. The van der Waals surface area contributed by atoms with Gasteiger partial charge in [-0.2, -0.15) is 0 Å². The van der Waals surface area contributed by atoms with Gasteiger partial charge in [-0.25, -0.2) is 0 Å². The third-order valence-corrected chi connectivity index (χ3v) is 2.15. The Morgan fingerprint density at radius 2 is 2.14 bits per heavy atom. The number of nitrogens with one attached hydrogen (secondary N) is 1. The molecule has 2 rings (SSSR count). The van der Waals surface area contributed by atoms with Gasteiger partial charge in [-0.1, -0.05) is 12.1 Å². The fourth-order valence-electron chi connectivity index (χ4n) is 1.35. The molecule has 1 aliphatic heterocycles. The predicted molar refractivity (Wildman–Crippen MR) is 58.0 cm³/mol. The van der Waals surface area contributed by atoms with E-state index in [1.54, 1.807) is 0 Å². The van der Waals surface area contributed by atoms with Crippen LogP contribution in [0, 0.1) is 0 Å². The van der Waals surface area contributed by atoms with Crippen molar-refractivity contribution in [2.75, 3.05) is 18.5 Å². The summed E-state index contributed by atoms with van der Waals surface area (Å²) in [6, 6.07) is 8.09. The van der Waals surface area contributed by atoms with Crippen molar-refractivity contribution < 1.29 is 0 Å². The Kier molecular flexibility index (Phi) is 2.65. The molecule has 1 aromatic rings. The first kappa shape index (κ1) is 9.02. The molecule has 0 fully saturated rings. The molecule has 74 valence electrons. The Hall–Kier alpha value is -1.55. The second kappa shape index (κ2) is 4.11. The number of aliphatic imine (C=N–C) groups is 1. The molecule has 0 saturated heterocycles. The smallest absolute Gasteiger partial charge is 0.104 e. The summed E-state index contributed by atoms with van der Waals surface area (Å²) in [5.41, 5.74) is 11.0. The summed E-state index contributed by atoms with van der Waals surface area (Å²) in [7, 11) is 0. The van der Waals surface area contributed by atoms with Crippen LogP contribution in [0.5, 0.6) is 0 Å².